The summed E-state index contributed by atoms with van der Waals surface area (Å²) in [7, 11) is 0. The lowest BCUT2D eigenvalue weighted by Gasteiger charge is -2.06. The van der Waals surface area contributed by atoms with Gasteiger partial charge >= 0.3 is 0 Å². The van der Waals surface area contributed by atoms with Crippen LogP contribution in [0.15, 0.2) is 43.1 Å². The lowest BCUT2D eigenvalue weighted by Crippen LogP contribution is -2.19. The predicted octanol–water partition coefficient (Wildman–Crippen LogP) is 1.77. The van der Waals surface area contributed by atoms with Gasteiger partial charge in [-0.15, -0.1) is 0 Å². The lowest BCUT2D eigenvalue weighted by atomic mass is 10.1. The number of nitrogens with zero attached hydrogens (tertiary/aromatic N) is 4. The van der Waals surface area contributed by atoms with E-state index >= 15 is 0 Å². The maximum absolute atomic E-state index is 4.27. The fourth-order valence-corrected chi connectivity index (χ4v) is 2.21. The summed E-state index contributed by atoms with van der Waals surface area (Å²) in [6, 6.07) is 3.95. The summed E-state index contributed by atoms with van der Waals surface area (Å²) in [4.78, 5) is 4.14. The second-order valence-electron chi connectivity index (χ2n) is 4.97. The molecular formula is C15H18N6. The number of nitrogens with one attached hydrogen (secondary N) is 2. The molecule has 108 valence electrons. The molecule has 3 rings (SSSR count). The molecule has 0 saturated carbocycles. The van der Waals surface area contributed by atoms with E-state index in [2.05, 4.69) is 25.6 Å². The second kappa shape index (κ2) is 6.32. The van der Waals surface area contributed by atoms with Gasteiger partial charge in [-0.2, -0.15) is 10.2 Å². The quantitative estimate of drug-likeness (QED) is 0.676. The molecule has 0 radical (unpaired) electrons. The standard InChI is InChI=1S/C15H18N6/c1-12-7-19-21(11-12)6-5-17-9-14-10-18-20-15(14)13-3-2-4-16-8-13/h2-4,7-8,10-11,17H,5-6,9H2,1H3,(H,18,20). The molecule has 6 heteroatoms. The van der Waals surface area contributed by atoms with E-state index < -0.39 is 0 Å². The maximum Gasteiger partial charge on any atom is 0.0710 e. The topological polar surface area (TPSA) is 71.4 Å². The maximum atomic E-state index is 4.27. The molecule has 0 aliphatic carbocycles. The van der Waals surface area contributed by atoms with Crippen LogP contribution in [0.3, 0.4) is 0 Å². The Morgan fingerprint density at radius 3 is 3.00 bits per heavy atom. The normalized spacial score (nSPS) is 10.9. The van der Waals surface area contributed by atoms with Gasteiger partial charge in [-0.3, -0.25) is 14.8 Å². The third kappa shape index (κ3) is 3.35. The van der Waals surface area contributed by atoms with E-state index in [1.54, 1.807) is 6.20 Å². The van der Waals surface area contributed by atoms with Crippen molar-refractivity contribution in [2.24, 2.45) is 0 Å². The Kier molecular flexibility index (Phi) is 4.07. The van der Waals surface area contributed by atoms with Crippen molar-refractivity contribution in [1.29, 1.82) is 0 Å². The Morgan fingerprint density at radius 2 is 2.24 bits per heavy atom. The van der Waals surface area contributed by atoms with Gasteiger partial charge in [-0.1, -0.05) is 0 Å². The third-order valence-corrected chi connectivity index (χ3v) is 3.26. The van der Waals surface area contributed by atoms with Crippen LogP contribution in [-0.2, 0) is 13.1 Å². The number of hydrogen-bond donors (Lipinski definition) is 2. The van der Waals surface area contributed by atoms with Crippen molar-refractivity contribution < 1.29 is 0 Å². The molecule has 3 aromatic heterocycles. The van der Waals surface area contributed by atoms with E-state index in [4.69, 9.17) is 0 Å². The van der Waals surface area contributed by atoms with Crippen molar-refractivity contribution in [2.75, 3.05) is 6.54 Å². The van der Waals surface area contributed by atoms with Crippen LogP contribution in [-0.4, -0.2) is 31.5 Å². The summed E-state index contributed by atoms with van der Waals surface area (Å²) in [5, 5.41) is 14.8. The minimum Gasteiger partial charge on any atom is -0.311 e. The van der Waals surface area contributed by atoms with Crippen LogP contribution in [0.5, 0.6) is 0 Å². The van der Waals surface area contributed by atoms with Crippen LogP contribution < -0.4 is 5.32 Å². The minimum atomic E-state index is 0.765. The predicted molar refractivity (Wildman–Crippen MR) is 80.5 cm³/mol. The zero-order valence-corrected chi connectivity index (χ0v) is 12.0. The molecule has 2 N–H and O–H groups in total. The Labute approximate surface area is 123 Å². The van der Waals surface area contributed by atoms with E-state index in [0.29, 0.717) is 0 Å². The Hall–Kier alpha value is -2.47. The number of rotatable bonds is 6. The van der Waals surface area contributed by atoms with Gasteiger partial charge in [0.25, 0.3) is 0 Å². The lowest BCUT2D eigenvalue weighted by molar-refractivity contribution is 0.555. The van der Waals surface area contributed by atoms with Gasteiger partial charge in [0.05, 0.1) is 24.6 Å². The van der Waals surface area contributed by atoms with Gasteiger partial charge in [0, 0.05) is 42.8 Å². The Morgan fingerprint density at radius 1 is 1.29 bits per heavy atom. The number of pyridine rings is 1. The van der Waals surface area contributed by atoms with Crippen molar-refractivity contribution in [3.63, 3.8) is 0 Å². The largest absolute Gasteiger partial charge is 0.311 e. The molecule has 0 fully saturated rings. The number of aromatic amines is 1. The summed E-state index contributed by atoms with van der Waals surface area (Å²) in [6.07, 6.45) is 9.37. The van der Waals surface area contributed by atoms with E-state index in [1.807, 2.05) is 48.5 Å². The molecule has 0 amide bonds. The summed E-state index contributed by atoms with van der Waals surface area (Å²) in [5.74, 6) is 0. The average molecular weight is 282 g/mol. The first kappa shape index (κ1) is 13.5. The Bertz CT molecular complexity index is 685. The monoisotopic (exact) mass is 282 g/mol. The molecule has 21 heavy (non-hydrogen) atoms. The van der Waals surface area contributed by atoms with Gasteiger partial charge < -0.3 is 5.32 Å². The first-order valence-electron chi connectivity index (χ1n) is 6.95. The molecule has 3 aromatic rings. The fraction of sp³-hybridized carbons (Fsp3) is 0.267. The number of aromatic nitrogens is 5. The highest BCUT2D eigenvalue weighted by atomic mass is 15.3. The highest BCUT2D eigenvalue weighted by molar-refractivity contribution is 5.61. The molecule has 0 spiro atoms. The molecule has 6 nitrogen and oxygen atoms in total. The molecule has 3 heterocycles. The highest BCUT2D eigenvalue weighted by Gasteiger charge is 2.07. The van der Waals surface area contributed by atoms with Gasteiger partial charge in [0.15, 0.2) is 0 Å². The molecule has 0 unspecified atom stereocenters. The Balaban J connectivity index is 1.55. The van der Waals surface area contributed by atoms with Crippen LogP contribution in [0.2, 0.25) is 0 Å². The fourth-order valence-electron chi connectivity index (χ4n) is 2.21. The number of hydrogen-bond acceptors (Lipinski definition) is 4. The smallest absolute Gasteiger partial charge is 0.0710 e. The van der Waals surface area contributed by atoms with Gasteiger partial charge in [-0.25, -0.2) is 0 Å². The summed E-state index contributed by atoms with van der Waals surface area (Å²) in [5.41, 5.74) is 4.39. The first-order valence-corrected chi connectivity index (χ1v) is 6.95. The molecule has 0 atom stereocenters. The van der Waals surface area contributed by atoms with Gasteiger partial charge in [0.1, 0.15) is 0 Å². The minimum absolute atomic E-state index is 0.765. The highest BCUT2D eigenvalue weighted by Crippen LogP contribution is 2.19. The first-order chi connectivity index (χ1) is 10.3. The number of aryl methyl sites for hydroxylation is 1. The SMILES string of the molecule is Cc1cnn(CCNCc2cn[nH]c2-c2cccnc2)c1. The molecule has 0 aliphatic rings. The average Bonchev–Trinajstić information content (AvgIpc) is 3.13. The summed E-state index contributed by atoms with van der Waals surface area (Å²) >= 11 is 0. The van der Waals surface area contributed by atoms with Crippen molar-refractivity contribution in [3.05, 3.63) is 54.2 Å². The van der Waals surface area contributed by atoms with Crippen molar-refractivity contribution in [3.8, 4) is 11.3 Å². The van der Waals surface area contributed by atoms with E-state index in [0.717, 1.165) is 36.5 Å². The van der Waals surface area contributed by atoms with Crippen LogP contribution in [0.25, 0.3) is 11.3 Å². The third-order valence-electron chi connectivity index (χ3n) is 3.26. The molecule has 0 aliphatic heterocycles. The van der Waals surface area contributed by atoms with Crippen molar-refractivity contribution in [1.82, 2.24) is 30.3 Å². The van der Waals surface area contributed by atoms with Crippen LogP contribution >= 0.6 is 0 Å². The molecule has 0 bridgehead atoms. The molecular weight excluding hydrogens is 264 g/mol. The van der Waals surface area contributed by atoms with Crippen molar-refractivity contribution >= 4 is 0 Å². The van der Waals surface area contributed by atoms with Crippen molar-refractivity contribution in [2.45, 2.75) is 20.0 Å². The zero-order valence-electron chi connectivity index (χ0n) is 12.0. The second-order valence-corrected chi connectivity index (χ2v) is 4.97. The molecule has 0 aromatic carbocycles. The number of H-pyrrole nitrogens is 1. The summed E-state index contributed by atoms with van der Waals surface area (Å²) < 4.78 is 1.94. The van der Waals surface area contributed by atoms with Gasteiger partial charge in [-0.05, 0) is 24.6 Å². The van der Waals surface area contributed by atoms with Crippen LogP contribution in [0.1, 0.15) is 11.1 Å². The van der Waals surface area contributed by atoms with E-state index in [1.165, 1.54) is 5.56 Å². The summed E-state index contributed by atoms with van der Waals surface area (Å²) in [6.45, 7) is 4.52. The van der Waals surface area contributed by atoms with Crippen LogP contribution in [0, 0.1) is 6.92 Å². The molecule has 0 saturated heterocycles. The van der Waals surface area contributed by atoms with Gasteiger partial charge in [0.2, 0.25) is 0 Å². The van der Waals surface area contributed by atoms with Crippen LogP contribution in [0.4, 0.5) is 0 Å². The van der Waals surface area contributed by atoms with E-state index in [9.17, 15) is 0 Å². The zero-order chi connectivity index (χ0) is 14.5. The van der Waals surface area contributed by atoms with E-state index in [-0.39, 0.29) is 0 Å².